The van der Waals surface area contributed by atoms with Gasteiger partial charge in [-0.1, -0.05) is 23.9 Å². The van der Waals surface area contributed by atoms with Gasteiger partial charge >= 0.3 is 0 Å². The number of amidine groups is 1. The van der Waals surface area contributed by atoms with Gasteiger partial charge in [-0.2, -0.15) is 4.99 Å². The fraction of sp³-hybridized carbons (Fsp3) is 0.440. The van der Waals surface area contributed by atoms with E-state index in [9.17, 15) is 14.4 Å². The second-order valence-electron chi connectivity index (χ2n) is 8.96. The monoisotopic (exact) mass is 496 g/mol. The van der Waals surface area contributed by atoms with Crippen LogP contribution >= 0.6 is 23.1 Å². The molecule has 3 amide bonds. The van der Waals surface area contributed by atoms with Gasteiger partial charge in [0.25, 0.3) is 11.8 Å². The average molecular weight is 497 g/mol. The maximum absolute atomic E-state index is 13.2. The molecular formula is C25H28N4O3S2. The highest BCUT2D eigenvalue weighted by atomic mass is 32.2. The summed E-state index contributed by atoms with van der Waals surface area (Å²) in [5.41, 5.74) is 1.12. The van der Waals surface area contributed by atoms with Crippen molar-refractivity contribution in [1.29, 1.82) is 0 Å². The summed E-state index contributed by atoms with van der Waals surface area (Å²) in [5, 5.41) is 5.16. The molecule has 1 aromatic carbocycles. The van der Waals surface area contributed by atoms with Gasteiger partial charge in [0.2, 0.25) is 5.91 Å². The number of likely N-dealkylation sites (tertiary alicyclic amines) is 1. The van der Waals surface area contributed by atoms with E-state index in [1.807, 2.05) is 22.4 Å². The highest BCUT2D eigenvalue weighted by Crippen LogP contribution is 2.32. The zero-order chi connectivity index (χ0) is 23.5. The quantitative estimate of drug-likeness (QED) is 0.616. The van der Waals surface area contributed by atoms with E-state index in [1.54, 1.807) is 35.6 Å². The fourth-order valence-corrected chi connectivity index (χ4v) is 6.15. The van der Waals surface area contributed by atoms with E-state index < -0.39 is 5.25 Å². The minimum Gasteiger partial charge on any atom is -0.351 e. The van der Waals surface area contributed by atoms with E-state index in [0.29, 0.717) is 17.8 Å². The third-order valence-electron chi connectivity index (χ3n) is 6.27. The molecular weight excluding hydrogens is 468 g/mol. The van der Waals surface area contributed by atoms with Crippen LogP contribution in [0.25, 0.3) is 0 Å². The molecule has 2 fully saturated rings. The number of hydrogen-bond acceptors (Lipinski definition) is 6. The Morgan fingerprint density at radius 2 is 1.94 bits per heavy atom. The van der Waals surface area contributed by atoms with Crippen LogP contribution in [-0.4, -0.2) is 57.1 Å². The van der Waals surface area contributed by atoms with E-state index in [1.165, 1.54) is 18.2 Å². The van der Waals surface area contributed by atoms with Gasteiger partial charge < -0.3 is 15.1 Å². The number of hydrogen-bond donors (Lipinski definition) is 1. The van der Waals surface area contributed by atoms with Crippen LogP contribution in [0, 0.1) is 0 Å². The lowest BCUT2D eigenvalue weighted by molar-refractivity contribution is -0.121. The van der Waals surface area contributed by atoms with Crippen molar-refractivity contribution < 1.29 is 14.4 Å². The van der Waals surface area contributed by atoms with E-state index in [4.69, 9.17) is 0 Å². The molecule has 5 rings (SSSR count). The molecule has 1 aromatic heterocycles. The maximum Gasteiger partial charge on any atom is 0.262 e. The largest absolute Gasteiger partial charge is 0.351 e. The molecule has 1 saturated carbocycles. The molecule has 34 heavy (non-hydrogen) atoms. The third kappa shape index (κ3) is 5.52. The molecule has 0 unspecified atom stereocenters. The van der Waals surface area contributed by atoms with Crippen molar-refractivity contribution in [1.82, 2.24) is 9.80 Å². The molecule has 9 heteroatoms. The maximum atomic E-state index is 13.2. The second kappa shape index (κ2) is 10.3. The minimum atomic E-state index is -0.488. The van der Waals surface area contributed by atoms with Gasteiger partial charge in [0.15, 0.2) is 5.17 Å². The summed E-state index contributed by atoms with van der Waals surface area (Å²) >= 11 is 3.05. The molecule has 1 aliphatic carbocycles. The molecule has 2 aromatic rings. The van der Waals surface area contributed by atoms with Crippen molar-refractivity contribution in [2.45, 2.75) is 56.4 Å². The summed E-state index contributed by atoms with van der Waals surface area (Å²) in [4.78, 5) is 47.8. The molecule has 3 aliphatic rings. The van der Waals surface area contributed by atoms with Crippen LogP contribution < -0.4 is 5.32 Å². The Hall–Kier alpha value is -2.65. The van der Waals surface area contributed by atoms with Crippen molar-refractivity contribution in [3.05, 3.63) is 52.2 Å². The summed E-state index contributed by atoms with van der Waals surface area (Å²) in [6, 6.07) is 11.4. The number of piperidine rings is 1. The van der Waals surface area contributed by atoms with Gasteiger partial charge in [0.05, 0.1) is 6.54 Å². The van der Waals surface area contributed by atoms with Crippen LogP contribution in [0.1, 0.15) is 53.8 Å². The van der Waals surface area contributed by atoms with E-state index in [0.717, 1.165) is 48.8 Å². The number of amides is 3. The van der Waals surface area contributed by atoms with E-state index in [-0.39, 0.29) is 30.2 Å². The van der Waals surface area contributed by atoms with Crippen LogP contribution in [0.2, 0.25) is 0 Å². The van der Waals surface area contributed by atoms with Gasteiger partial charge in [-0.15, -0.1) is 11.3 Å². The fourth-order valence-electron chi connectivity index (χ4n) is 4.33. The molecule has 3 heterocycles. The molecule has 2 aliphatic heterocycles. The van der Waals surface area contributed by atoms with Gasteiger partial charge in [0, 0.05) is 41.7 Å². The number of thiophene rings is 1. The van der Waals surface area contributed by atoms with Gasteiger partial charge in [-0.3, -0.25) is 14.4 Å². The second-order valence-corrected chi connectivity index (χ2v) is 11.2. The van der Waals surface area contributed by atoms with Gasteiger partial charge in [-0.05, 0) is 61.7 Å². The van der Waals surface area contributed by atoms with Crippen molar-refractivity contribution in [2.75, 3.05) is 18.4 Å². The Bertz CT molecular complexity index is 1090. The summed E-state index contributed by atoms with van der Waals surface area (Å²) in [5.74, 6) is -0.505. The number of carbonyl (C=O) groups excluding carboxylic acids is 3. The standard InChI is InChI=1S/C25H28N4O3S2/c30-22(15-21-23(31)27-25(34-21)28-11-2-1-3-12-28)26-18-7-4-6-17(14-18)24(32)29(19-9-10-19)16-20-8-5-13-33-20/h4-8,13-14,19,21H,1-3,9-12,15-16H2,(H,26,30)/t21-/m0/s1. The lowest BCUT2D eigenvalue weighted by atomic mass is 10.1. The number of anilines is 1. The zero-order valence-corrected chi connectivity index (χ0v) is 20.6. The molecule has 0 bridgehead atoms. The first-order valence-corrected chi connectivity index (χ1v) is 13.6. The molecule has 0 spiro atoms. The topological polar surface area (TPSA) is 82.1 Å². The lowest BCUT2D eigenvalue weighted by Gasteiger charge is -2.27. The number of benzene rings is 1. The number of rotatable bonds is 7. The average Bonchev–Trinajstić information content (AvgIpc) is 3.44. The highest BCUT2D eigenvalue weighted by molar-refractivity contribution is 8.15. The Morgan fingerprint density at radius 1 is 1.12 bits per heavy atom. The first-order valence-electron chi connectivity index (χ1n) is 11.8. The van der Waals surface area contributed by atoms with Crippen LogP contribution in [0.3, 0.4) is 0 Å². The zero-order valence-electron chi connectivity index (χ0n) is 18.9. The third-order valence-corrected chi connectivity index (χ3v) is 8.35. The van der Waals surface area contributed by atoms with Crippen molar-refractivity contribution in [3.63, 3.8) is 0 Å². The molecule has 1 atom stereocenters. The Morgan fingerprint density at radius 3 is 2.68 bits per heavy atom. The lowest BCUT2D eigenvalue weighted by Crippen LogP contribution is -2.33. The minimum absolute atomic E-state index is 0.0203. The molecule has 178 valence electrons. The summed E-state index contributed by atoms with van der Waals surface area (Å²) in [6.45, 7) is 2.45. The number of aliphatic imine (C=N–C) groups is 1. The Balaban J connectivity index is 1.19. The predicted octanol–water partition coefficient (Wildman–Crippen LogP) is 4.37. The van der Waals surface area contributed by atoms with Crippen molar-refractivity contribution in [3.8, 4) is 0 Å². The number of thioether (sulfide) groups is 1. The predicted molar refractivity (Wildman–Crippen MR) is 136 cm³/mol. The SMILES string of the molecule is O=C(C[C@@H]1SC(N2CCCCC2)=NC1=O)Nc1cccc(C(=O)N(Cc2cccs2)C2CC2)c1. The van der Waals surface area contributed by atoms with Gasteiger partial charge in [-0.25, -0.2) is 0 Å². The van der Waals surface area contributed by atoms with Gasteiger partial charge in [0.1, 0.15) is 5.25 Å². The molecule has 1 N–H and O–H groups in total. The number of nitrogens with one attached hydrogen (secondary N) is 1. The van der Waals surface area contributed by atoms with Crippen molar-refractivity contribution >= 4 is 51.7 Å². The van der Waals surface area contributed by atoms with E-state index in [2.05, 4.69) is 15.2 Å². The van der Waals surface area contributed by atoms with Crippen LogP contribution in [0.15, 0.2) is 46.8 Å². The van der Waals surface area contributed by atoms with Crippen molar-refractivity contribution in [2.24, 2.45) is 4.99 Å². The normalized spacial score (nSPS) is 20.2. The number of carbonyl (C=O) groups is 3. The summed E-state index contributed by atoms with van der Waals surface area (Å²) in [6.07, 6.45) is 5.56. The highest BCUT2D eigenvalue weighted by Gasteiger charge is 2.34. The Kier molecular flexibility index (Phi) is 7.01. The van der Waals surface area contributed by atoms with Crippen LogP contribution in [0.5, 0.6) is 0 Å². The first kappa shape index (κ1) is 23.1. The molecule has 1 saturated heterocycles. The summed E-state index contributed by atoms with van der Waals surface area (Å²) < 4.78 is 0. The first-order chi connectivity index (χ1) is 16.6. The van der Waals surface area contributed by atoms with Crippen LogP contribution in [0.4, 0.5) is 5.69 Å². The molecule has 0 radical (unpaired) electrons. The number of nitrogens with zero attached hydrogens (tertiary/aromatic N) is 3. The van der Waals surface area contributed by atoms with Crippen LogP contribution in [-0.2, 0) is 16.1 Å². The van der Waals surface area contributed by atoms with E-state index >= 15 is 0 Å². The Labute approximate surface area is 207 Å². The molecule has 7 nitrogen and oxygen atoms in total. The summed E-state index contributed by atoms with van der Waals surface area (Å²) in [7, 11) is 0. The smallest absolute Gasteiger partial charge is 0.262 e.